The Bertz CT molecular complexity index is 170. The molecule has 2 unspecified atom stereocenters. The molecule has 0 bridgehead atoms. The van der Waals surface area contributed by atoms with Gasteiger partial charge in [-0.2, -0.15) is 0 Å². The van der Waals surface area contributed by atoms with Crippen LogP contribution in [0, 0.1) is 0 Å². The van der Waals surface area contributed by atoms with E-state index in [1.54, 1.807) is 6.26 Å². The zero-order valence-corrected chi connectivity index (χ0v) is 9.87. The minimum Gasteiger partial charge on any atom is -0.315 e. The molecule has 1 rings (SSSR count). The van der Waals surface area contributed by atoms with Crippen LogP contribution in [0.1, 0.15) is 25.7 Å². The van der Waals surface area contributed by atoms with Crippen LogP contribution in [0.4, 0.5) is 0 Å². The molecule has 0 radical (unpaired) electrons. The van der Waals surface area contributed by atoms with E-state index in [0.717, 1.165) is 25.3 Å². The standard InChI is InChI=1S/C10H22N2OS/c1-14(13)8-4-6-11-9-10-5-2-3-7-12-10/h10-12H,2-9H2,1H3. The lowest BCUT2D eigenvalue weighted by molar-refractivity contribution is 0.384. The van der Waals surface area contributed by atoms with E-state index in [-0.39, 0.29) is 0 Å². The van der Waals surface area contributed by atoms with E-state index in [1.165, 1.54) is 25.8 Å². The largest absolute Gasteiger partial charge is 0.315 e. The van der Waals surface area contributed by atoms with Gasteiger partial charge in [0, 0.05) is 35.4 Å². The third kappa shape index (κ3) is 5.73. The second kappa shape index (κ2) is 7.37. The van der Waals surface area contributed by atoms with Crippen molar-refractivity contribution >= 4 is 10.8 Å². The topological polar surface area (TPSA) is 41.1 Å². The van der Waals surface area contributed by atoms with Crippen LogP contribution < -0.4 is 10.6 Å². The molecule has 1 saturated heterocycles. The summed E-state index contributed by atoms with van der Waals surface area (Å²) in [5, 5.41) is 6.91. The van der Waals surface area contributed by atoms with Crippen molar-refractivity contribution < 1.29 is 4.21 Å². The van der Waals surface area contributed by atoms with E-state index >= 15 is 0 Å². The van der Waals surface area contributed by atoms with Gasteiger partial charge in [-0.25, -0.2) is 0 Å². The van der Waals surface area contributed by atoms with Crippen molar-refractivity contribution in [1.82, 2.24) is 10.6 Å². The van der Waals surface area contributed by atoms with Gasteiger partial charge in [0.05, 0.1) is 0 Å². The molecule has 2 N–H and O–H groups in total. The summed E-state index contributed by atoms with van der Waals surface area (Å²) >= 11 is 0. The maximum absolute atomic E-state index is 10.8. The molecule has 3 nitrogen and oxygen atoms in total. The summed E-state index contributed by atoms with van der Waals surface area (Å²) in [5.41, 5.74) is 0. The van der Waals surface area contributed by atoms with E-state index in [0.29, 0.717) is 6.04 Å². The highest BCUT2D eigenvalue weighted by Gasteiger charge is 2.10. The first-order valence-electron chi connectivity index (χ1n) is 5.53. The quantitative estimate of drug-likeness (QED) is 0.637. The van der Waals surface area contributed by atoms with Crippen molar-refractivity contribution in [1.29, 1.82) is 0 Å². The maximum atomic E-state index is 10.8. The molecule has 0 saturated carbocycles. The first-order chi connectivity index (χ1) is 6.79. The molecule has 1 heterocycles. The third-order valence-corrected chi connectivity index (χ3v) is 3.45. The second-order valence-electron chi connectivity index (χ2n) is 3.98. The Morgan fingerprint density at radius 1 is 1.50 bits per heavy atom. The van der Waals surface area contributed by atoms with Crippen molar-refractivity contribution in [2.45, 2.75) is 31.7 Å². The molecule has 1 fully saturated rings. The zero-order valence-electron chi connectivity index (χ0n) is 9.05. The molecule has 1 aliphatic rings. The van der Waals surface area contributed by atoms with Gasteiger partial charge in [-0.3, -0.25) is 4.21 Å². The Hall–Kier alpha value is 0.0700. The summed E-state index contributed by atoms with van der Waals surface area (Å²) in [4.78, 5) is 0. The first kappa shape index (κ1) is 12.1. The highest BCUT2D eigenvalue weighted by Crippen LogP contribution is 2.05. The van der Waals surface area contributed by atoms with Crippen molar-refractivity contribution in [3.8, 4) is 0 Å². The van der Waals surface area contributed by atoms with Gasteiger partial charge in [-0.05, 0) is 32.4 Å². The molecule has 1 aliphatic heterocycles. The Balaban J connectivity index is 1.90. The van der Waals surface area contributed by atoms with Crippen LogP contribution in [0.5, 0.6) is 0 Å². The van der Waals surface area contributed by atoms with Crippen LogP contribution in [0.25, 0.3) is 0 Å². The van der Waals surface area contributed by atoms with Crippen LogP contribution in [0.15, 0.2) is 0 Å². The molecule has 84 valence electrons. The molecule has 0 aromatic rings. The molecule has 0 amide bonds. The van der Waals surface area contributed by atoms with Gasteiger partial charge in [0.2, 0.25) is 0 Å². The van der Waals surface area contributed by atoms with Gasteiger partial charge in [-0.15, -0.1) is 0 Å². The summed E-state index contributed by atoms with van der Waals surface area (Å²) in [6.07, 6.45) is 6.77. The number of hydrogen-bond donors (Lipinski definition) is 2. The second-order valence-corrected chi connectivity index (χ2v) is 5.54. The highest BCUT2D eigenvalue weighted by molar-refractivity contribution is 7.84. The number of hydrogen-bond acceptors (Lipinski definition) is 3. The van der Waals surface area contributed by atoms with Gasteiger partial charge in [0.15, 0.2) is 0 Å². The lowest BCUT2D eigenvalue weighted by Gasteiger charge is -2.23. The Morgan fingerprint density at radius 2 is 2.36 bits per heavy atom. The normalized spacial score (nSPS) is 24.8. The van der Waals surface area contributed by atoms with E-state index in [9.17, 15) is 4.21 Å². The Kier molecular flexibility index (Phi) is 6.39. The predicted octanol–water partition coefficient (Wildman–Crippen LogP) is 0.487. The van der Waals surface area contributed by atoms with Gasteiger partial charge < -0.3 is 10.6 Å². The molecule has 2 atom stereocenters. The molecule has 14 heavy (non-hydrogen) atoms. The smallest absolute Gasteiger partial charge is 0.0244 e. The van der Waals surface area contributed by atoms with E-state index < -0.39 is 10.8 Å². The van der Waals surface area contributed by atoms with Gasteiger partial charge in [0.1, 0.15) is 0 Å². The average molecular weight is 218 g/mol. The van der Waals surface area contributed by atoms with Gasteiger partial charge in [-0.1, -0.05) is 6.42 Å². The van der Waals surface area contributed by atoms with Crippen LogP contribution >= 0.6 is 0 Å². The summed E-state index contributed by atoms with van der Waals surface area (Å²) in [7, 11) is -0.629. The Morgan fingerprint density at radius 3 is 3.00 bits per heavy atom. The summed E-state index contributed by atoms with van der Waals surface area (Å²) in [6, 6.07) is 0.663. The van der Waals surface area contributed by atoms with E-state index in [4.69, 9.17) is 0 Å². The van der Waals surface area contributed by atoms with Crippen molar-refractivity contribution in [3.63, 3.8) is 0 Å². The summed E-state index contributed by atoms with van der Waals surface area (Å²) in [6.45, 7) is 3.24. The van der Waals surface area contributed by atoms with Crippen LogP contribution in [0.3, 0.4) is 0 Å². The van der Waals surface area contributed by atoms with Gasteiger partial charge in [0.25, 0.3) is 0 Å². The Labute approximate surface area is 89.5 Å². The van der Waals surface area contributed by atoms with Gasteiger partial charge >= 0.3 is 0 Å². The SMILES string of the molecule is CS(=O)CCCNCC1CCCCN1. The lowest BCUT2D eigenvalue weighted by atomic mass is 10.1. The average Bonchev–Trinajstić information content (AvgIpc) is 2.18. The number of rotatable bonds is 6. The van der Waals surface area contributed by atoms with Crippen LogP contribution in [-0.2, 0) is 10.8 Å². The van der Waals surface area contributed by atoms with Crippen molar-refractivity contribution in [2.75, 3.05) is 31.6 Å². The fourth-order valence-corrected chi connectivity index (χ4v) is 2.33. The summed E-state index contributed by atoms with van der Waals surface area (Å²) < 4.78 is 10.8. The molecule has 4 heteroatoms. The van der Waals surface area contributed by atoms with Crippen LogP contribution in [0.2, 0.25) is 0 Å². The highest BCUT2D eigenvalue weighted by atomic mass is 32.2. The monoisotopic (exact) mass is 218 g/mol. The minimum atomic E-state index is -0.629. The maximum Gasteiger partial charge on any atom is 0.0244 e. The predicted molar refractivity (Wildman–Crippen MR) is 62.1 cm³/mol. The zero-order chi connectivity index (χ0) is 10.2. The lowest BCUT2D eigenvalue weighted by Crippen LogP contribution is -2.42. The van der Waals surface area contributed by atoms with E-state index in [2.05, 4.69) is 10.6 Å². The fourth-order valence-electron chi connectivity index (χ4n) is 1.77. The summed E-state index contributed by atoms with van der Waals surface area (Å²) in [5.74, 6) is 0.824. The molecular formula is C10H22N2OS. The fraction of sp³-hybridized carbons (Fsp3) is 1.00. The van der Waals surface area contributed by atoms with Crippen molar-refractivity contribution in [3.05, 3.63) is 0 Å². The molecular weight excluding hydrogens is 196 g/mol. The first-order valence-corrected chi connectivity index (χ1v) is 7.26. The number of piperidine rings is 1. The number of nitrogens with one attached hydrogen (secondary N) is 2. The van der Waals surface area contributed by atoms with Crippen molar-refractivity contribution in [2.24, 2.45) is 0 Å². The molecule has 0 aliphatic carbocycles. The van der Waals surface area contributed by atoms with Crippen LogP contribution in [-0.4, -0.2) is 41.9 Å². The molecule has 0 aromatic carbocycles. The molecule has 0 aromatic heterocycles. The van der Waals surface area contributed by atoms with E-state index in [1.807, 2.05) is 0 Å². The third-order valence-electron chi connectivity index (χ3n) is 2.59. The molecule has 0 spiro atoms. The minimum absolute atomic E-state index is 0.629.